The number of carboxylic acid groups (broad SMARTS) is 1. The van der Waals surface area contributed by atoms with Crippen molar-refractivity contribution in [2.24, 2.45) is 0 Å². The Balaban J connectivity index is 2.45. The summed E-state index contributed by atoms with van der Waals surface area (Å²) in [7, 11) is 0. The molecule has 0 aliphatic carbocycles. The molecule has 3 nitrogen and oxygen atoms in total. The molecule has 2 aromatic rings. The van der Waals surface area contributed by atoms with Gasteiger partial charge in [-0.3, -0.25) is 0 Å². The van der Waals surface area contributed by atoms with Crippen LogP contribution >= 0.6 is 15.9 Å². The highest BCUT2D eigenvalue weighted by Crippen LogP contribution is 2.31. The quantitative estimate of drug-likeness (QED) is 0.858. The van der Waals surface area contributed by atoms with Crippen molar-refractivity contribution in [3.05, 3.63) is 58.1 Å². The Morgan fingerprint density at radius 3 is 2.53 bits per heavy atom. The summed E-state index contributed by atoms with van der Waals surface area (Å²) in [4.78, 5) is 11.0. The van der Waals surface area contributed by atoms with Crippen LogP contribution in [0.3, 0.4) is 0 Å². The van der Waals surface area contributed by atoms with Gasteiger partial charge in [0, 0.05) is 4.47 Å². The second-order valence-corrected chi connectivity index (χ2v) is 4.52. The number of ether oxygens (including phenoxy) is 1. The van der Waals surface area contributed by atoms with Gasteiger partial charge in [0.05, 0.1) is 0 Å². The van der Waals surface area contributed by atoms with Crippen LogP contribution in [0.15, 0.2) is 40.9 Å². The maximum atomic E-state index is 13.5. The summed E-state index contributed by atoms with van der Waals surface area (Å²) >= 11 is 3.00. The zero-order chi connectivity index (χ0) is 14.0. The van der Waals surface area contributed by atoms with Gasteiger partial charge in [-0.1, -0.05) is 28.1 Å². The maximum Gasteiger partial charge on any atom is 0.339 e. The van der Waals surface area contributed by atoms with E-state index in [0.29, 0.717) is 0 Å². The van der Waals surface area contributed by atoms with Gasteiger partial charge in [-0.15, -0.1) is 0 Å². The van der Waals surface area contributed by atoms with Crippen molar-refractivity contribution in [3.63, 3.8) is 0 Å². The predicted octanol–water partition coefficient (Wildman–Crippen LogP) is 4.22. The standard InChI is InChI=1S/C13H7BrF2O3/c14-7-5-9(15)12(16)11(6-7)19-10-4-2-1-3-8(10)13(17)18/h1-6H,(H,17,18). The largest absolute Gasteiger partial charge is 0.478 e. The summed E-state index contributed by atoms with van der Waals surface area (Å²) in [6.07, 6.45) is 0. The highest BCUT2D eigenvalue weighted by atomic mass is 79.9. The first-order valence-electron chi connectivity index (χ1n) is 5.13. The summed E-state index contributed by atoms with van der Waals surface area (Å²) in [6.45, 7) is 0. The van der Waals surface area contributed by atoms with E-state index >= 15 is 0 Å². The van der Waals surface area contributed by atoms with E-state index in [4.69, 9.17) is 9.84 Å². The molecule has 0 unspecified atom stereocenters. The Morgan fingerprint density at radius 2 is 1.84 bits per heavy atom. The van der Waals surface area contributed by atoms with Crippen molar-refractivity contribution in [2.45, 2.75) is 0 Å². The Bertz CT molecular complexity index is 644. The van der Waals surface area contributed by atoms with Crippen LogP contribution in [0, 0.1) is 11.6 Å². The van der Waals surface area contributed by atoms with Crippen molar-refractivity contribution in [2.75, 3.05) is 0 Å². The number of halogens is 3. The molecule has 0 aliphatic rings. The van der Waals surface area contributed by atoms with Gasteiger partial charge in [-0.2, -0.15) is 4.39 Å². The number of carboxylic acids is 1. The molecule has 2 aromatic carbocycles. The molecule has 0 saturated heterocycles. The third-order valence-electron chi connectivity index (χ3n) is 2.30. The molecular weight excluding hydrogens is 322 g/mol. The van der Waals surface area contributed by atoms with Gasteiger partial charge in [0.15, 0.2) is 11.6 Å². The van der Waals surface area contributed by atoms with Crippen molar-refractivity contribution in [1.82, 2.24) is 0 Å². The average molecular weight is 329 g/mol. The zero-order valence-corrected chi connectivity index (χ0v) is 10.9. The van der Waals surface area contributed by atoms with Gasteiger partial charge in [0.1, 0.15) is 11.3 Å². The molecule has 0 atom stereocenters. The van der Waals surface area contributed by atoms with Crippen LogP contribution in [0.2, 0.25) is 0 Å². The van der Waals surface area contributed by atoms with Gasteiger partial charge in [0.25, 0.3) is 0 Å². The maximum absolute atomic E-state index is 13.5. The van der Waals surface area contributed by atoms with Crippen LogP contribution in [0.1, 0.15) is 10.4 Å². The van der Waals surface area contributed by atoms with E-state index in [9.17, 15) is 13.6 Å². The lowest BCUT2D eigenvalue weighted by molar-refractivity contribution is 0.0694. The summed E-state index contributed by atoms with van der Waals surface area (Å²) in [6, 6.07) is 7.89. The number of carbonyl (C=O) groups is 1. The van der Waals surface area contributed by atoms with E-state index < -0.39 is 17.6 Å². The zero-order valence-electron chi connectivity index (χ0n) is 9.36. The molecule has 0 amide bonds. The second-order valence-electron chi connectivity index (χ2n) is 3.60. The lowest BCUT2D eigenvalue weighted by Crippen LogP contribution is -2.01. The minimum atomic E-state index is -1.22. The summed E-state index contributed by atoms with van der Waals surface area (Å²) in [5, 5.41) is 8.97. The van der Waals surface area contributed by atoms with Crippen molar-refractivity contribution < 1.29 is 23.4 Å². The van der Waals surface area contributed by atoms with Crippen molar-refractivity contribution in [1.29, 1.82) is 0 Å². The summed E-state index contributed by atoms with van der Waals surface area (Å²) < 4.78 is 32.2. The monoisotopic (exact) mass is 328 g/mol. The highest BCUT2D eigenvalue weighted by molar-refractivity contribution is 9.10. The third kappa shape index (κ3) is 2.90. The molecule has 2 rings (SSSR count). The number of para-hydroxylation sites is 1. The summed E-state index contributed by atoms with van der Waals surface area (Å²) in [5.74, 6) is -3.93. The van der Waals surface area contributed by atoms with Crippen LogP contribution in [0.25, 0.3) is 0 Å². The molecule has 6 heteroatoms. The van der Waals surface area contributed by atoms with Gasteiger partial charge in [-0.05, 0) is 24.3 Å². The fourth-order valence-electron chi connectivity index (χ4n) is 1.46. The van der Waals surface area contributed by atoms with E-state index in [0.717, 1.165) is 6.07 Å². The van der Waals surface area contributed by atoms with Crippen LogP contribution in [-0.4, -0.2) is 11.1 Å². The Morgan fingerprint density at radius 1 is 1.16 bits per heavy atom. The first kappa shape index (κ1) is 13.5. The average Bonchev–Trinajstić information content (AvgIpc) is 2.35. The van der Waals surface area contributed by atoms with E-state index in [1.165, 1.54) is 30.3 Å². The van der Waals surface area contributed by atoms with Crippen LogP contribution in [-0.2, 0) is 0 Å². The summed E-state index contributed by atoms with van der Waals surface area (Å²) in [5.41, 5.74) is -0.137. The van der Waals surface area contributed by atoms with Crippen molar-refractivity contribution in [3.8, 4) is 11.5 Å². The van der Waals surface area contributed by atoms with E-state index in [2.05, 4.69) is 15.9 Å². The van der Waals surface area contributed by atoms with Crippen molar-refractivity contribution >= 4 is 21.9 Å². The molecule has 0 spiro atoms. The van der Waals surface area contributed by atoms with Gasteiger partial charge in [0.2, 0.25) is 5.82 Å². The van der Waals surface area contributed by atoms with Gasteiger partial charge in [-0.25, -0.2) is 9.18 Å². The molecule has 0 aliphatic heterocycles. The molecule has 0 saturated carbocycles. The van der Waals surface area contributed by atoms with Crippen LogP contribution in [0.5, 0.6) is 11.5 Å². The number of aromatic carboxylic acids is 1. The Hall–Kier alpha value is -1.95. The number of hydrogen-bond donors (Lipinski definition) is 1. The lowest BCUT2D eigenvalue weighted by Gasteiger charge is -2.10. The minimum Gasteiger partial charge on any atom is -0.478 e. The first-order chi connectivity index (χ1) is 8.99. The fourth-order valence-corrected chi connectivity index (χ4v) is 1.87. The van der Waals surface area contributed by atoms with Crippen LogP contribution in [0.4, 0.5) is 8.78 Å². The van der Waals surface area contributed by atoms with Gasteiger partial charge < -0.3 is 9.84 Å². The third-order valence-corrected chi connectivity index (χ3v) is 2.75. The molecule has 1 N–H and O–H groups in total. The topological polar surface area (TPSA) is 46.5 Å². The molecule has 19 heavy (non-hydrogen) atoms. The normalized spacial score (nSPS) is 10.3. The smallest absolute Gasteiger partial charge is 0.339 e. The number of rotatable bonds is 3. The Kier molecular flexibility index (Phi) is 3.80. The minimum absolute atomic E-state index is 0.0635. The number of benzene rings is 2. The Labute approximate surface area is 115 Å². The van der Waals surface area contributed by atoms with E-state index in [1.54, 1.807) is 0 Å². The molecule has 0 bridgehead atoms. The first-order valence-corrected chi connectivity index (χ1v) is 5.93. The number of hydrogen-bond acceptors (Lipinski definition) is 2. The SMILES string of the molecule is O=C(O)c1ccccc1Oc1cc(Br)cc(F)c1F. The molecule has 98 valence electrons. The van der Waals surface area contributed by atoms with E-state index in [1.807, 2.05) is 0 Å². The van der Waals surface area contributed by atoms with E-state index in [-0.39, 0.29) is 21.5 Å². The predicted molar refractivity (Wildman–Crippen MR) is 67.5 cm³/mol. The molecule has 0 aromatic heterocycles. The van der Waals surface area contributed by atoms with Crippen LogP contribution < -0.4 is 4.74 Å². The molecule has 0 fully saturated rings. The van der Waals surface area contributed by atoms with Gasteiger partial charge >= 0.3 is 5.97 Å². The fraction of sp³-hybridized carbons (Fsp3) is 0. The second kappa shape index (κ2) is 5.36. The lowest BCUT2D eigenvalue weighted by atomic mass is 10.2. The molecule has 0 radical (unpaired) electrons. The molecule has 0 heterocycles. The molecular formula is C13H7BrF2O3. The highest BCUT2D eigenvalue weighted by Gasteiger charge is 2.16.